The van der Waals surface area contributed by atoms with Crippen LogP contribution < -0.4 is 10.6 Å². The van der Waals surface area contributed by atoms with Crippen LogP contribution in [0.2, 0.25) is 5.02 Å². The Kier molecular flexibility index (Phi) is 3.93. The van der Waals surface area contributed by atoms with Gasteiger partial charge in [-0.1, -0.05) is 17.7 Å². The highest BCUT2D eigenvalue weighted by atomic mass is 35.5. The van der Waals surface area contributed by atoms with E-state index in [0.717, 1.165) is 31.5 Å². The fourth-order valence-electron chi connectivity index (χ4n) is 2.26. The topological polar surface area (TPSA) is 41.1 Å². The van der Waals surface area contributed by atoms with Crippen LogP contribution >= 0.6 is 11.6 Å². The second-order valence-corrected chi connectivity index (χ2v) is 5.69. The summed E-state index contributed by atoms with van der Waals surface area (Å²) in [6.45, 7) is 5.70. The van der Waals surface area contributed by atoms with Gasteiger partial charge >= 0.3 is 0 Å². The number of hydrogen-bond acceptors (Lipinski definition) is 2. The second kappa shape index (κ2) is 5.29. The van der Waals surface area contributed by atoms with E-state index in [4.69, 9.17) is 11.6 Å². The average Bonchev–Trinajstić information content (AvgIpc) is 2.35. The summed E-state index contributed by atoms with van der Waals surface area (Å²) < 4.78 is 0. The number of hydrogen-bond donors (Lipinski definition) is 2. The van der Waals surface area contributed by atoms with Gasteiger partial charge in [0.1, 0.15) is 0 Å². The molecule has 1 aliphatic rings. The molecule has 0 saturated carbocycles. The smallest absolute Gasteiger partial charge is 0.231 e. The Morgan fingerprint density at radius 1 is 1.50 bits per heavy atom. The minimum Gasteiger partial charge on any atom is -0.324 e. The summed E-state index contributed by atoms with van der Waals surface area (Å²) in [4.78, 5) is 12.3. The lowest BCUT2D eigenvalue weighted by molar-refractivity contribution is -0.125. The number of nitrogens with one attached hydrogen (secondary N) is 2. The first-order valence-electron chi connectivity index (χ1n) is 6.30. The van der Waals surface area contributed by atoms with Crippen LogP contribution in [-0.4, -0.2) is 19.0 Å². The number of carbonyl (C=O) groups excluding carboxylic acids is 1. The Morgan fingerprint density at radius 3 is 2.94 bits per heavy atom. The van der Waals surface area contributed by atoms with Gasteiger partial charge in [0.05, 0.1) is 16.1 Å². The average molecular weight is 267 g/mol. The molecule has 1 amide bonds. The number of piperidine rings is 1. The molecule has 1 aromatic carbocycles. The van der Waals surface area contributed by atoms with Crippen LogP contribution in [0.3, 0.4) is 0 Å². The third-order valence-corrected chi connectivity index (χ3v) is 3.85. The van der Waals surface area contributed by atoms with E-state index in [1.54, 1.807) is 0 Å². The lowest BCUT2D eigenvalue weighted by Crippen LogP contribution is -2.46. The van der Waals surface area contributed by atoms with Gasteiger partial charge in [-0.05, 0) is 50.9 Å². The molecule has 3 nitrogen and oxygen atoms in total. The van der Waals surface area contributed by atoms with Crippen molar-refractivity contribution < 1.29 is 4.79 Å². The molecule has 1 heterocycles. The van der Waals surface area contributed by atoms with E-state index >= 15 is 0 Å². The lowest BCUT2D eigenvalue weighted by Gasteiger charge is -2.32. The van der Waals surface area contributed by atoms with Gasteiger partial charge in [-0.3, -0.25) is 4.79 Å². The number of anilines is 1. The molecule has 0 aliphatic carbocycles. The molecule has 2 N–H and O–H groups in total. The van der Waals surface area contributed by atoms with Crippen molar-refractivity contribution in [2.24, 2.45) is 5.41 Å². The standard InChI is InChI=1S/C14H19ClN2O/c1-10-4-5-11(15)12(8-10)17-13(18)14(2)6-3-7-16-9-14/h4-5,8,16H,3,6-7,9H2,1-2H3,(H,17,18). The van der Waals surface area contributed by atoms with Crippen LogP contribution in [0.15, 0.2) is 18.2 Å². The quantitative estimate of drug-likeness (QED) is 0.864. The predicted octanol–water partition coefficient (Wildman–Crippen LogP) is 2.98. The maximum Gasteiger partial charge on any atom is 0.231 e. The molecular formula is C14H19ClN2O. The first kappa shape index (κ1) is 13.4. The van der Waals surface area contributed by atoms with Gasteiger partial charge < -0.3 is 10.6 Å². The van der Waals surface area contributed by atoms with E-state index in [1.165, 1.54) is 0 Å². The molecule has 1 saturated heterocycles. The number of aryl methyl sites for hydroxylation is 1. The zero-order chi connectivity index (χ0) is 13.2. The molecule has 0 aromatic heterocycles. The number of benzene rings is 1. The van der Waals surface area contributed by atoms with Gasteiger partial charge in [0.15, 0.2) is 0 Å². The van der Waals surface area contributed by atoms with Crippen LogP contribution in [0.1, 0.15) is 25.3 Å². The minimum absolute atomic E-state index is 0.0437. The number of halogens is 1. The molecule has 18 heavy (non-hydrogen) atoms. The zero-order valence-electron chi connectivity index (χ0n) is 10.8. The van der Waals surface area contributed by atoms with Crippen LogP contribution in [0.25, 0.3) is 0 Å². The molecule has 1 aromatic rings. The molecule has 1 unspecified atom stereocenters. The van der Waals surface area contributed by atoms with Crippen molar-refractivity contribution in [2.75, 3.05) is 18.4 Å². The van der Waals surface area contributed by atoms with Gasteiger partial charge in [-0.2, -0.15) is 0 Å². The van der Waals surface area contributed by atoms with Crippen molar-refractivity contribution in [3.8, 4) is 0 Å². The summed E-state index contributed by atoms with van der Waals surface area (Å²) in [5.41, 5.74) is 1.45. The van der Waals surface area contributed by atoms with Crippen molar-refractivity contribution in [3.63, 3.8) is 0 Å². The molecule has 0 spiro atoms. The van der Waals surface area contributed by atoms with Crippen LogP contribution in [0.4, 0.5) is 5.69 Å². The molecule has 98 valence electrons. The van der Waals surface area contributed by atoms with Crippen molar-refractivity contribution in [1.29, 1.82) is 0 Å². The van der Waals surface area contributed by atoms with Crippen LogP contribution in [-0.2, 0) is 4.79 Å². The Hall–Kier alpha value is -1.06. The summed E-state index contributed by atoms with van der Waals surface area (Å²) >= 11 is 6.09. The van der Waals surface area contributed by atoms with E-state index < -0.39 is 0 Å². The molecule has 4 heteroatoms. The van der Waals surface area contributed by atoms with Gasteiger partial charge in [0.2, 0.25) is 5.91 Å². The molecule has 0 bridgehead atoms. The number of rotatable bonds is 2. The fourth-order valence-corrected chi connectivity index (χ4v) is 2.42. The highest BCUT2D eigenvalue weighted by molar-refractivity contribution is 6.33. The van der Waals surface area contributed by atoms with Gasteiger partial charge in [0.25, 0.3) is 0 Å². The monoisotopic (exact) mass is 266 g/mol. The van der Waals surface area contributed by atoms with Crippen molar-refractivity contribution >= 4 is 23.2 Å². The molecule has 1 aliphatic heterocycles. The third kappa shape index (κ3) is 2.85. The summed E-state index contributed by atoms with van der Waals surface area (Å²) in [5, 5.41) is 6.81. The molecule has 1 atom stereocenters. The first-order chi connectivity index (χ1) is 8.51. The molecule has 2 rings (SSSR count). The lowest BCUT2D eigenvalue weighted by atomic mass is 9.82. The Labute approximate surface area is 113 Å². The maximum atomic E-state index is 12.3. The van der Waals surface area contributed by atoms with Crippen molar-refractivity contribution in [1.82, 2.24) is 5.32 Å². The second-order valence-electron chi connectivity index (χ2n) is 5.28. The third-order valence-electron chi connectivity index (χ3n) is 3.52. The summed E-state index contributed by atoms with van der Waals surface area (Å²) in [6.07, 6.45) is 1.95. The molecular weight excluding hydrogens is 248 g/mol. The fraction of sp³-hybridized carbons (Fsp3) is 0.500. The van der Waals surface area contributed by atoms with Gasteiger partial charge in [-0.25, -0.2) is 0 Å². The first-order valence-corrected chi connectivity index (χ1v) is 6.67. The Morgan fingerprint density at radius 2 is 2.28 bits per heavy atom. The van der Waals surface area contributed by atoms with Crippen LogP contribution in [0.5, 0.6) is 0 Å². The maximum absolute atomic E-state index is 12.3. The van der Waals surface area contributed by atoms with Crippen molar-refractivity contribution in [2.45, 2.75) is 26.7 Å². The SMILES string of the molecule is Cc1ccc(Cl)c(NC(=O)C2(C)CCCNC2)c1. The van der Waals surface area contributed by atoms with E-state index in [2.05, 4.69) is 10.6 Å². The molecule has 0 radical (unpaired) electrons. The highest BCUT2D eigenvalue weighted by Gasteiger charge is 2.34. The van der Waals surface area contributed by atoms with E-state index in [0.29, 0.717) is 10.7 Å². The minimum atomic E-state index is -0.342. The van der Waals surface area contributed by atoms with Gasteiger partial charge in [-0.15, -0.1) is 0 Å². The summed E-state index contributed by atoms with van der Waals surface area (Å²) in [5.74, 6) is 0.0437. The van der Waals surface area contributed by atoms with E-state index in [-0.39, 0.29) is 11.3 Å². The van der Waals surface area contributed by atoms with Gasteiger partial charge in [0, 0.05) is 6.54 Å². The largest absolute Gasteiger partial charge is 0.324 e. The predicted molar refractivity (Wildman–Crippen MR) is 75.0 cm³/mol. The summed E-state index contributed by atoms with van der Waals surface area (Å²) in [7, 11) is 0. The molecule has 1 fully saturated rings. The Balaban J connectivity index is 2.13. The zero-order valence-corrected chi connectivity index (χ0v) is 11.6. The normalized spacial score (nSPS) is 23.7. The van der Waals surface area contributed by atoms with Crippen molar-refractivity contribution in [3.05, 3.63) is 28.8 Å². The Bertz CT molecular complexity index is 453. The van der Waals surface area contributed by atoms with Crippen LogP contribution in [0, 0.1) is 12.3 Å². The summed E-state index contributed by atoms with van der Waals surface area (Å²) in [6, 6.07) is 5.65. The van der Waals surface area contributed by atoms with E-state index in [9.17, 15) is 4.79 Å². The van der Waals surface area contributed by atoms with E-state index in [1.807, 2.05) is 32.0 Å². The highest BCUT2D eigenvalue weighted by Crippen LogP contribution is 2.29. The number of carbonyl (C=O) groups is 1. The number of amides is 1.